The summed E-state index contributed by atoms with van der Waals surface area (Å²) >= 11 is 3.27. The Labute approximate surface area is 130 Å². The largest absolute Gasteiger partial charge is 0.486 e. The minimum atomic E-state index is -3.74. The van der Waals surface area contributed by atoms with Crippen LogP contribution in [0.1, 0.15) is 11.4 Å². The van der Waals surface area contributed by atoms with Crippen molar-refractivity contribution >= 4 is 35.7 Å². The topological polar surface area (TPSA) is 61.2 Å². The van der Waals surface area contributed by atoms with E-state index in [1.165, 1.54) is 12.1 Å². The van der Waals surface area contributed by atoms with E-state index in [-0.39, 0.29) is 4.90 Å². The molecule has 5 nitrogen and oxygen atoms in total. The summed E-state index contributed by atoms with van der Waals surface area (Å²) in [6.07, 6.45) is 0. The zero-order valence-electron chi connectivity index (χ0n) is 10.8. The van der Waals surface area contributed by atoms with E-state index in [4.69, 9.17) is 15.4 Å². The van der Waals surface area contributed by atoms with Gasteiger partial charge in [0.2, 0.25) is 0 Å². The van der Waals surface area contributed by atoms with E-state index < -0.39 is 9.05 Å². The van der Waals surface area contributed by atoms with Crippen molar-refractivity contribution in [3.63, 3.8) is 0 Å². The highest BCUT2D eigenvalue weighted by Gasteiger charge is 2.13. The molecule has 0 aliphatic heterocycles. The molecule has 0 saturated carbocycles. The molecule has 0 unspecified atom stereocenters. The Balaban J connectivity index is 2.17. The van der Waals surface area contributed by atoms with Gasteiger partial charge in [-0.15, -0.1) is 0 Å². The summed E-state index contributed by atoms with van der Waals surface area (Å²) in [5.41, 5.74) is 1.83. The van der Waals surface area contributed by atoms with Crippen LogP contribution in [0.3, 0.4) is 0 Å². The SMILES string of the molecule is Cc1cc(COc2ccc(S(=O)(=O)Cl)cc2Br)n(C)n1. The molecule has 0 fully saturated rings. The molecule has 0 amide bonds. The van der Waals surface area contributed by atoms with Crippen molar-refractivity contribution in [2.24, 2.45) is 7.05 Å². The highest BCUT2D eigenvalue weighted by atomic mass is 79.9. The maximum absolute atomic E-state index is 11.2. The fourth-order valence-electron chi connectivity index (χ4n) is 1.70. The third-order valence-corrected chi connectivity index (χ3v) is 4.63. The molecule has 1 aromatic heterocycles. The lowest BCUT2D eigenvalue weighted by Gasteiger charge is -2.09. The first-order chi connectivity index (χ1) is 9.27. The highest BCUT2D eigenvalue weighted by Crippen LogP contribution is 2.29. The molecule has 0 radical (unpaired) electrons. The summed E-state index contributed by atoms with van der Waals surface area (Å²) in [5.74, 6) is 0.535. The van der Waals surface area contributed by atoms with E-state index in [1.807, 2.05) is 20.0 Å². The van der Waals surface area contributed by atoms with E-state index in [9.17, 15) is 8.42 Å². The Morgan fingerprint density at radius 2 is 2.10 bits per heavy atom. The van der Waals surface area contributed by atoms with Gasteiger partial charge in [-0.3, -0.25) is 4.68 Å². The second kappa shape index (κ2) is 5.75. The number of halogens is 2. The fourth-order valence-corrected chi connectivity index (χ4v) is 3.12. The van der Waals surface area contributed by atoms with Gasteiger partial charge in [-0.25, -0.2) is 8.42 Å². The maximum atomic E-state index is 11.2. The van der Waals surface area contributed by atoms with Crippen LogP contribution in [0.15, 0.2) is 33.6 Å². The quantitative estimate of drug-likeness (QED) is 0.766. The van der Waals surface area contributed by atoms with Crippen LogP contribution in [-0.4, -0.2) is 18.2 Å². The molecular formula is C12H12BrClN2O3S. The van der Waals surface area contributed by atoms with E-state index in [0.29, 0.717) is 16.8 Å². The number of benzene rings is 1. The molecule has 20 heavy (non-hydrogen) atoms. The van der Waals surface area contributed by atoms with E-state index in [2.05, 4.69) is 21.0 Å². The standard InChI is InChI=1S/C12H12BrClN2O3S/c1-8-5-9(16(2)15-8)7-19-12-4-3-10(6-11(12)13)20(14,17)18/h3-6H,7H2,1-2H3. The normalized spacial score (nSPS) is 11.6. The minimum absolute atomic E-state index is 0.0229. The van der Waals surface area contributed by atoms with E-state index in [0.717, 1.165) is 11.4 Å². The summed E-state index contributed by atoms with van der Waals surface area (Å²) in [5, 5.41) is 4.22. The fraction of sp³-hybridized carbons (Fsp3) is 0.250. The Morgan fingerprint density at radius 3 is 2.60 bits per heavy atom. The lowest BCUT2D eigenvalue weighted by Crippen LogP contribution is -2.03. The Hall–Kier alpha value is -1.05. The van der Waals surface area contributed by atoms with Gasteiger partial charge < -0.3 is 4.74 Å². The van der Waals surface area contributed by atoms with Crippen LogP contribution in [-0.2, 0) is 22.7 Å². The molecule has 0 aliphatic rings. The van der Waals surface area contributed by atoms with Crippen LogP contribution in [0, 0.1) is 6.92 Å². The number of hydrogen-bond acceptors (Lipinski definition) is 4. The second-order valence-corrected chi connectivity index (χ2v) is 7.64. The van der Waals surface area contributed by atoms with Crippen molar-refractivity contribution < 1.29 is 13.2 Å². The first-order valence-electron chi connectivity index (χ1n) is 5.64. The highest BCUT2D eigenvalue weighted by molar-refractivity contribution is 9.10. The smallest absolute Gasteiger partial charge is 0.261 e. The van der Waals surface area contributed by atoms with Crippen molar-refractivity contribution in [2.75, 3.05) is 0 Å². The number of nitrogens with zero attached hydrogens (tertiary/aromatic N) is 2. The van der Waals surface area contributed by atoms with Crippen molar-refractivity contribution in [3.05, 3.63) is 40.1 Å². The van der Waals surface area contributed by atoms with Gasteiger partial charge in [-0.2, -0.15) is 5.10 Å². The lowest BCUT2D eigenvalue weighted by molar-refractivity contribution is 0.293. The molecule has 2 rings (SSSR count). The number of aromatic nitrogens is 2. The van der Waals surface area contributed by atoms with Crippen LogP contribution >= 0.6 is 26.6 Å². The minimum Gasteiger partial charge on any atom is -0.486 e. The van der Waals surface area contributed by atoms with Crippen LogP contribution in [0.4, 0.5) is 0 Å². The molecule has 108 valence electrons. The summed E-state index contributed by atoms with van der Waals surface area (Å²) in [4.78, 5) is 0.0229. The molecule has 2 aromatic rings. The van der Waals surface area contributed by atoms with Gasteiger partial charge >= 0.3 is 0 Å². The van der Waals surface area contributed by atoms with Gasteiger partial charge in [0.25, 0.3) is 9.05 Å². The predicted octanol–water partition coefficient (Wildman–Crippen LogP) is 3.00. The van der Waals surface area contributed by atoms with Crippen molar-refractivity contribution in [2.45, 2.75) is 18.4 Å². The molecule has 0 bridgehead atoms. The number of aryl methyl sites for hydroxylation is 2. The first-order valence-corrected chi connectivity index (χ1v) is 8.74. The van der Waals surface area contributed by atoms with Crippen molar-refractivity contribution in [3.8, 4) is 5.75 Å². The number of ether oxygens (including phenoxy) is 1. The van der Waals surface area contributed by atoms with Crippen LogP contribution < -0.4 is 4.74 Å². The summed E-state index contributed by atoms with van der Waals surface area (Å²) in [6.45, 7) is 2.24. The van der Waals surface area contributed by atoms with Crippen LogP contribution in [0.5, 0.6) is 5.75 Å². The summed E-state index contributed by atoms with van der Waals surface area (Å²) < 4.78 is 30.3. The molecule has 8 heteroatoms. The predicted molar refractivity (Wildman–Crippen MR) is 79.5 cm³/mol. The number of hydrogen-bond donors (Lipinski definition) is 0. The van der Waals surface area contributed by atoms with Crippen LogP contribution in [0.25, 0.3) is 0 Å². The zero-order chi connectivity index (χ0) is 14.9. The van der Waals surface area contributed by atoms with E-state index in [1.54, 1.807) is 10.7 Å². The van der Waals surface area contributed by atoms with Gasteiger partial charge in [0.05, 0.1) is 20.8 Å². The third kappa shape index (κ3) is 3.53. The van der Waals surface area contributed by atoms with Crippen LogP contribution in [0.2, 0.25) is 0 Å². The monoisotopic (exact) mass is 378 g/mol. The third-order valence-electron chi connectivity index (χ3n) is 2.66. The Bertz CT molecular complexity index is 743. The molecule has 0 N–H and O–H groups in total. The number of rotatable bonds is 4. The van der Waals surface area contributed by atoms with Crippen molar-refractivity contribution in [1.29, 1.82) is 0 Å². The summed E-state index contributed by atoms with van der Waals surface area (Å²) in [6, 6.07) is 6.29. The molecule has 0 spiro atoms. The van der Waals surface area contributed by atoms with Crippen molar-refractivity contribution in [1.82, 2.24) is 9.78 Å². The molecule has 1 heterocycles. The average Bonchev–Trinajstić information content (AvgIpc) is 2.65. The van der Waals surface area contributed by atoms with Gasteiger partial charge in [0.15, 0.2) is 0 Å². The van der Waals surface area contributed by atoms with Gasteiger partial charge in [0, 0.05) is 17.7 Å². The van der Waals surface area contributed by atoms with Gasteiger partial charge in [-0.05, 0) is 47.1 Å². The second-order valence-electron chi connectivity index (χ2n) is 4.22. The zero-order valence-corrected chi connectivity index (χ0v) is 14.0. The maximum Gasteiger partial charge on any atom is 0.261 e. The van der Waals surface area contributed by atoms with Gasteiger partial charge in [0.1, 0.15) is 12.4 Å². The lowest BCUT2D eigenvalue weighted by atomic mass is 10.3. The van der Waals surface area contributed by atoms with E-state index >= 15 is 0 Å². The molecule has 0 saturated heterocycles. The molecule has 0 aliphatic carbocycles. The first kappa shape index (κ1) is 15.3. The Morgan fingerprint density at radius 1 is 1.40 bits per heavy atom. The summed E-state index contributed by atoms with van der Waals surface area (Å²) in [7, 11) is 3.38. The Kier molecular flexibility index (Phi) is 4.41. The average molecular weight is 380 g/mol. The molecule has 1 aromatic carbocycles. The molecule has 0 atom stereocenters. The van der Waals surface area contributed by atoms with Gasteiger partial charge in [-0.1, -0.05) is 0 Å². The molecular weight excluding hydrogens is 368 g/mol.